The van der Waals surface area contributed by atoms with Gasteiger partial charge in [0.05, 0.1) is 11.4 Å². The molecule has 6 aromatic rings. The molecule has 4 heterocycles. The van der Waals surface area contributed by atoms with Crippen molar-refractivity contribution in [3.05, 3.63) is 155 Å². The summed E-state index contributed by atoms with van der Waals surface area (Å²) in [7, 11) is 0. The van der Waals surface area contributed by atoms with Crippen LogP contribution in [0.4, 0.5) is 0 Å². The topological polar surface area (TPSA) is 115 Å². The predicted octanol–water partition coefficient (Wildman–Crippen LogP) is 4.73. The maximum atomic E-state index is 13.3. The Kier molecular flexibility index (Phi) is 6.94. The zero-order valence-corrected chi connectivity index (χ0v) is 22.5. The van der Waals surface area contributed by atoms with Crippen LogP contribution in [0.15, 0.2) is 116 Å². The summed E-state index contributed by atoms with van der Waals surface area (Å²) in [6, 6.07) is 29.8. The third kappa shape index (κ3) is 5.09. The van der Waals surface area contributed by atoms with Crippen LogP contribution in [0.5, 0.6) is 0 Å². The van der Waals surface area contributed by atoms with Gasteiger partial charge in [-0.1, -0.05) is 60.7 Å². The van der Waals surface area contributed by atoms with Gasteiger partial charge in [-0.25, -0.2) is 0 Å². The largest absolute Gasteiger partial charge is 0.366 e. The maximum Gasteiger partial charge on any atom is 0.251 e. The maximum absolute atomic E-state index is 13.3. The average molecular weight is 555 g/mol. The van der Waals surface area contributed by atoms with Gasteiger partial charge in [0.2, 0.25) is 17.5 Å². The fraction of sp³-hybridized carbons (Fsp3) is 0.0588. The monoisotopic (exact) mass is 554 g/mol. The number of amides is 2. The predicted molar refractivity (Wildman–Crippen MR) is 159 cm³/mol. The van der Waals surface area contributed by atoms with Crippen molar-refractivity contribution in [3.63, 3.8) is 0 Å². The number of aromatic nitrogens is 2. The van der Waals surface area contributed by atoms with Gasteiger partial charge in [0.1, 0.15) is 0 Å². The molecule has 8 nitrogen and oxygen atoms in total. The van der Waals surface area contributed by atoms with E-state index in [9.17, 15) is 19.2 Å². The lowest BCUT2D eigenvalue weighted by Gasteiger charge is -2.10. The number of benzene rings is 2. The molecule has 0 aliphatic carbocycles. The average Bonchev–Trinajstić information content (AvgIpc) is 3.67. The number of nitrogens with two attached hydrogens (primary N) is 1. The molecule has 0 spiro atoms. The minimum atomic E-state index is -0.625. The Morgan fingerprint density at radius 1 is 0.619 bits per heavy atom. The zero-order chi connectivity index (χ0) is 29.2. The lowest BCUT2D eigenvalue weighted by atomic mass is 10.1. The third-order valence-electron chi connectivity index (χ3n) is 7.18. The molecule has 0 radical (unpaired) electrons. The summed E-state index contributed by atoms with van der Waals surface area (Å²) < 4.78 is 3.51. The van der Waals surface area contributed by atoms with Crippen LogP contribution >= 0.6 is 0 Å². The Morgan fingerprint density at radius 3 is 1.86 bits per heavy atom. The molecule has 4 aromatic heterocycles. The first-order valence-corrected chi connectivity index (χ1v) is 13.4. The Morgan fingerprint density at radius 2 is 1.21 bits per heavy atom. The highest BCUT2D eigenvalue weighted by atomic mass is 16.2. The molecule has 8 heteroatoms. The van der Waals surface area contributed by atoms with Gasteiger partial charge in [-0.2, -0.15) is 0 Å². The van der Waals surface area contributed by atoms with Crippen molar-refractivity contribution in [2.75, 3.05) is 6.54 Å². The number of carbonyl (C=O) groups is 4. The minimum Gasteiger partial charge on any atom is -0.366 e. The molecule has 2 amide bonds. The quantitative estimate of drug-likeness (QED) is 0.252. The van der Waals surface area contributed by atoms with Gasteiger partial charge in [-0.15, -0.1) is 0 Å². The SMILES string of the molecule is NC(=O)c1cc(C(=O)c2ccccc2)n2cc(CCNC(=O)c3cc(C(=O)c4ccccc4)n4cccc4c3)cc2c1. The van der Waals surface area contributed by atoms with Crippen LogP contribution in [0.1, 0.15) is 58.4 Å². The standard InChI is InChI=1S/C34H26N4O4/c35-33(41)25-17-28-16-22(21-38(28)30(19-25)32(40)24-10-5-2-6-11-24)13-14-36-34(42)26-18-27-12-7-15-37(27)29(20-26)31(39)23-8-3-1-4-9-23/h1-12,15-21H,13-14H2,(H2,35,41)(H,36,42). The van der Waals surface area contributed by atoms with E-state index in [1.807, 2.05) is 36.5 Å². The van der Waals surface area contributed by atoms with Gasteiger partial charge < -0.3 is 19.9 Å². The lowest BCUT2D eigenvalue weighted by molar-refractivity contribution is 0.0952. The number of rotatable bonds is 9. The first kappa shape index (κ1) is 26.5. The van der Waals surface area contributed by atoms with E-state index < -0.39 is 5.91 Å². The van der Waals surface area contributed by atoms with Crippen molar-refractivity contribution >= 4 is 34.4 Å². The van der Waals surface area contributed by atoms with Crippen molar-refractivity contribution in [1.29, 1.82) is 0 Å². The molecule has 6 rings (SSSR count). The number of ketones is 2. The van der Waals surface area contributed by atoms with E-state index >= 15 is 0 Å². The number of fused-ring (bicyclic) bond motifs is 2. The van der Waals surface area contributed by atoms with E-state index in [2.05, 4.69) is 5.32 Å². The third-order valence-corrected chi connectivity index (χ3v) is 7.18. The Balaban J connectivity index is 1.23. The highest BCUT2D eigenvalue weighted by molar-refractivity contribution is 6.10. The molecule has 2 aromatic carbocycles. The van der Waals surface area contributed by atoms with Gasteiger partial charge >= 0.3 is 0 Å². The van der Waals surface area contributed by atoms with Crippen LogP contribution in [0.3, 0.4) is 0 Å². The summed E-state index contributed by atoms with van der Waals surface area (Å²) in [4.78, 5) is 51.7. The van der Waals surface area contributed by atoms with E-state index in [0.29, 0.717) is 46.6 Å². The van der Waals surface area contributed by atoms with Gasteiger partial charge in [0.15, 0.2) is 0 Å². The number of pyridine rings is 2. The van der Waals surface area contributed by atoms with E-state index in [1.165, 1.54) is 6.07 Å². The number of nitrogens with zero attached hydrogens (tertiary/aromatic N) is 2. The van der Waals surface area contributed by atoms with Gasteiger partial charge in [0.25, 0.3) is 5.91 Å². The van der Waals surface area contributed by atoms with Crippen molar-refractivity contribution in [2.45, 2.75) is 6.42 Å². The molecule has 0 unspecified atom stereocenters. The van der Waals surface area contributed by atoms with Crippen molar-refractivity contribution in [3.8, 4) is 0 Å². The van der Waals surface area contributed by atoms with E-state index in [1.54, 1.807) is 81.7 Å². The highest BCUT2D eigenvalue weighted by Crippen LogP contribution is 2.20. The fourth-order valence-electron chi connectivity index (χ4n) is 5.08. The fourth-order valence-corrected chi connectivity index (χ4v) is 5.08. The molecule has 42 heavy (non-hydrogen) atoms. The molecule has 0 fully saturated rings. The number of hydrogen-bond donors (Lipinski definition) is 2. The first-order chi connectivity index (χ1) is 20.4. The van der Waals surface area contributed by atoms with Crippen LogP contribution in [-0.4, -0.2) is 38.7 Å². The summed E-state index contributed by atoms with van der Waals surface area (Å²) in [5.74, 6) is -1.34. The number of primary amides is 1. The summed E-state index contributed by atoms with van der Waals surface area (Å²) >= 11 is 0. The van der Waals surface area contributed by atoms with Crippen LogP contribution < -0.4 is 11.1 Å². The van der Waals surface area contributed by atoms with Gasteiger partial charge in [-0.05, 0) is 54.4 Å². The molecule has 0 saturated carbocycles. The molecule has 0 saturated heterocycles. The van der Waals surface area contributed by atoms with E-state index in [0.717, 1.165) is 11.1 Å². The van der Waals surface area contributed by atoms with Crippen molar-refractivity contribution in [1.82, 2.24) is 14.1 Å². The smallest absolute Gasteiger partial charge is 0.251 e. The van der Waals surface area contributed by atoms with Crippen molar-refractivity contribution < 1.29 is 19.2 Å². The van der Waals surface area contributed by atoms with E-state index in [4.69, 9.17) is 5.73 Å². The summed E-state index contributed by atoms with van der Waals surface area (Å²) in [6.07, 6.45) is 4.10. The molecule has 0 aliphatic heterocycles. The summed E-state index contributed by atoms with van der Waals surface area (Å²) in [6.45, 7) is 0.314. The number of nitrogens with one attached hydrogen (secondary N) is 1. The number of carbonyl (C=O) groups excluding carboxylic acids is 4. The molecule has 3 N–H and O–H groups in total. The molecule has 0 bridgehead atoms. The van der Waals surface area contributed by atoms with Crippen LogP contribution in [0.2, 0.25) is 0 Å². The molecule has 0 aliphatic rings. The Hall–Kier alpha value is -5.76. The van der Waals surface area contributed by atoms with Crippen molar-refractivity contribution in [2.24, 2.45) is 5.73 Å². The second-order valence-corrected chi connectivity index (χ2v) is 9.97. The highest BCUT2D eigenvalue weighted by Gasteiger charge is 2.18. The second kappa shape index (κ2) is 11.0. The molecular formula is C34H26N4O4. The van der Waals surface area contributed by atoms with Crippen LogP contribution in [-0.2, 0) is 6.42 Å². The summed E-state index contributed by atoms with van der Waals surface area (Å²) in [5.41, 5.74) is 10.2. The van der Waals surface area contributed by atoms with Gasteiger partial charge in [0, 0.05) is 52.2 Å². The Labute approximate surface area is 241 Å². The molecular weight excluding hydrogens is 528 g/mol. The molecule has 0 atom stereocenters. The number of hydrogen-bond acceptors (Lipinski definition) is 4. The zero-order valence-electron chi connectivity index (χ0n) is 22.5. The first-order valence-electron chi connectivity index (χ1n) is 13.4. The minimum absolute atomic E-state index is 0.178. The summed E-state index contributed by atoms with van der Waals surface area (Å²) in [5, 5.41) is 2.94. The van der Waals surface area contributed by atoms with E-state index in [-0.39, 0.29) is 23.0 Å². The normalized spacial score (nSPS) is 11.0. The second-order valence-electron chi connectivity index (χ2n) is 9.97. The molecule has 206 valence electrons. The van der Waals surface area contributed by atoms with Crippen LogP contribution in [0, 0.1) is 0 Å². The Bertz CT molecular complexity index is 1990. The van der Waals surface area contributed by atoms with Gasteiger partial charge in [-0.3, -0.25) is 19.2 Å². The lowest BCUT2D eigenvalue weighted by Crippen LogP contribution is -2.26. The van der Waals surface area contributed by atoms with Crippen LogP contribution in [0.25, 0.3) is 11.0 Å².